The predicted molar refractivity (Wildman–Crippen MR) is 128 cm³/mol. The number of carbonyl (C=O) groups is 2. The maximum atomic E-state index is 13.3. The van der Waals surface area contributed by atoms with Crippen LogP contribution in [0.4, 0.5) is 11.4 Å². The number of ether oxygens (including phenoxy) is 1. The molecule has 2 aromatic carbocycles. The number of nitro groups is 1. The van der Waals surface area contributed by atoms with Gasteiger partial charge < -0.3 is 4.74 Å². The molecule has 0 unspecified atom stereocenters. The Morgan fingerprint density at radius 1 is 1.17 bits per heavy atom. The zero-order valence-corrected chi connectivity index (χ0v) is 19.0. The van der Waals surface area contributed by atoms with Crippen molar-refractivity contribution in [3.05, 3.63) is 80.9 Å². The Bertz CT molecular complexity index is 1480. The Balaban J connectivity index is 1.75. The van der Waals surface area contributed by atoms with E-state index in [4.69, 9.17) is 4.74 Å². The molecule has 0 saturated carbocycles. The van der Waals surface area contributed by atoms with Crippen molar-refractivity contribution in [3.63, 3.8) is 0 Å². The number of amides is 1. The molecular formula is C26H18N4O5. The monoisotopic (exact) mass is 466 g/mol. The van der Waals surface area contributed by atoms with Crippen LogP contribution in [0, 0.1) is 32.8 Å². The number of esters is 1. The molecule has 2 aromatic rings. The maximum Gasteiger partial charge on any atom is 0.336 e. The van der Waals surface area contributed by atoms with Crippen LogP contribution < -0.4 is 9.64 Å². The minimum atomic E-state index is -0.742. The van der Waals surface area contributed by atoms with E-state index in [1.807, 2.05) is 26.8 Å². The normalized spacial score (nSPS) is 15.2. The number of nitrogens with zero attached hydrogens (tertiary/aromatic N) is 4. The number of nitriles is 2. The van der Waals surface area contributed by atoms with Crippen molar-refractivity contribution < 1.29 is 19.2 Å². The summed E-state index contributed by atoms with van der Waals surface area (Å²) in [5, 5.41) is 29.8. The zero-order valence-electron chi connectivity index (χ0n) is 19.0. The van der Waals surface area contributed by atoms with Gasteiger partial charge in [-0.05, 0) is 50.1 Å². The first-order valence-electron chi connectivity index (χ1n) is 10.5. The van der Waals surface area contributed by atoms with Crippen molar-refractivity contribution in [2.45, 2.75) is 26.3 Å². The predicted octanol–water partition coefficient (Wildman–Crippen LogP) is 4.56. The number of carbonyl (C=O) groups excluding carboxylic acids is 2. The van der Waals surface area contributed by atoms with Gasteiger partial charge in [-0.2, -0.15) is 10.5 Å². The van der Waals surface area contributed by atoms with E-state index in [0.29, 0.717) is 22.4 Å². The molecule has 0 aliphatic carbocycles. The van der Waals surface area contributed by atoms with Crippen molar-refractivity contribution >= 4 is 40.5 Å². The summed E-state index contributed by atoms with van der Waals surface area (Å²) >= 11 is 0. The standard InChI is InChI=1S/C26H18N4O5/c1-15-12-26(2,3)29-24-20(15)10-19(11-21(24)23(25(29)32)17(13-27)14-28)35-22(31)8-7-16-5-4-6-18(9-16)30(33)34/h4-12H,1-3H3. The molecule has 2 aliphatic rings. The number of hydrogen-bond donors (Lipinski definition) is 0. The maximum absolute atomic E-state index is 13.3. The van der Waals surface area contributed by atoms with Gasteiger partial charge in [0, 0.05) is 29.3 Å². The number of rotatable bonds is 4. The van der Waals surface area contributed by atoms with E-state index in [2.05, 4.69) is 0 Å². The molecular weight excluding hydrogens is 448 g/mol. The highest BCUT2D eigenvalue weighted by Crippen LogP contribution is 2.51. The Labute approximate surface area is 200 Å². The number of non-ortho nitro benzene ring substituents is 1. The Hall–Kier alpha value is -5.02. The van der Waals surface area contributed by atoms with E-state index in [-0.39, 0.29) is 22.6 Å². The molecule has 0 radical (unpaired) electrons. The molecule has 172 valence electrons. The Kier molecular flexibility index (Phi) is 5.55. The highest BCUT2D eigenvalue weighted by molar-refractivity contribution is 6.36. The second-order valence-corrected chi connectivity index (χ2v) is 8.57. The lowest BCUT2D eigenvalue weighted by Crippen LogP contribution is -2.46. The first-order valence-corrected chi connectivity index (χ1v) is 10.5. The molecule has 35 heavy (non-hydrogen) atoms. The SMILES string of the molecule is CC1=CC(C)(C)N2C(=O)C(=C(C#N)C#N)c3cc(OC(=O)C=Cc4cccc([N+](=O)[O-])c4)cc1c32. The molecule has 0 bridgehead atoms. The minimum absolute atomic E-state index is 0.0348. The number of hydrogen-bond acceptors (Lipinski definition) is 7. The van der Waals surface area contributed by atoms with Gasteiger partial charge >= 0.3 is 5.97 Å². The van der Waals surface area contributed by atoms with E-state index in [9.17, 15) is 30.2 Å². The van der Waals surface area contributed by atoms with Crippen molar-refractivity contribution in [1.29, 1.82) is 10.5 Å². The van der Waals surface area contributed by atoms with Gasteiger partial charge in [0.25, 0.3) is 11.6 Å². The summed E-state index contributed by atoms with van der Waals surface area (Å²) in [6.07, 6.45) is 4.42. The largest absolute Gasteiger partial charge is 0.423 e. The summed E-state index contributed by atoms with van der Waals surface area (Å²) in [6, 6.07) is 12.4. The molecule has 2 heterocycles. The third kappa shape index (κ3) is 3.96. The molecule has 9 heteroatoms. The summed E-state index contributed by atoms with van der Waals surface area (Å²) in [7, 11) is 0. The molecule has 0 atom stereocenters. The van der Waals surface area contributed by atoms with Crippen molar-refractivity contribution in [2.75, 3.05) is 4.90 Å². The second-order valence-electron chi connectivity index (χ2n) is 8.57. The molecule has 0 aromatic heterocycles. The van der Waals surface area contributed by atoms with Crippen molar-refractivity contribution in [1.82, 2.24) is 0 Å². The van der Waals surface area contributed by atoms with Gasteiger partial charge in [0.15, 0.2) is 0 Å². The third-order valence-corrected chi connectivity index (χ3v) is 5.75. The van der Waals surface area contributed by atoms with E-state index >= 15 is 0 Å². The quantitative estimate of drug-likeness (QED) is 0.161. The molecule has 0 spiro atoms. The fourth-order valence-corrected chi connectivity index (χ4v) is 4.38. The molecule has 0 fully saturated rings. The van der Waals surface area contributed by atoms with Crippen LogP contribution in [0.25, 0.3) is 17.2 Å². The zero-order chi connectivity index (χ0) is 25.5. The summed E-state index contributed by atoms with van der Waals surface area (Å²) in [4.78, 5) is 37.8. The van der Waals surface area contributed by atoms with Gasteiger partial charge in [-0.15, -0.1) is 0 Å². The van der Waals surface area contributed by atoms with E-state index in [1.54, 1.807) is 29.2 Å². The van der Waals surface area contributed by atoms with Crippen LogP contribution in [-0.2, 0) is 9.59 Å². The third-order valence-electron chi connectivity index (χ3n) is 5.75. The average molecular weight is 466 g/mol. The molecule has 2 aliphatic heterocycles. The number of benzene rings is 2. The van der Waals surface area contributed by atoms with Crippen molar-refractivity contribution in [2.24, 2.45) is 0 Å². The van der Waals surface area contributed by atoms with Gasteiger partial charge in [0.05, 0.1) is 21.7 Å². The van der Waals surface area contributed by atoms with Crippen LogP contribution in [0.15, 0.2) is 54.1 Å². The lowest BCUT2D eigenvalue weighted by atomic mass is 9.89. The van der Waals surface area contributed by atoms with Gasteiger partial charge in [-0.25, -0.2) is 4.79 Å². The molecule has 1 amide bonds. The second kappa shape index (κ2) is 8.40. The van der Waals surface area contributed by atoms with Gasteiger partial charge in [-0.3, -0.25) is 19.8 Å². The topological polar surface area (TPSA) is 137 Å². The molecule has 0 saturated heterocycles. The van der Waals surface area contributed by atoms with Crippen LogP contribution in [0.3, 0.4) is 0 Å². The lowest BCUT2D eigenvalue weighted by Gasteiger charge is -2.38. The molecule has 4 rings (SSSR count). The lowest BCUT2D eigenvalue weighted by molar-refractivity contribution is -0.384. The smallest absolute Gasteiger partial charge is 0.336 e. The van der Waals surface area contributed by atoms with Crippen molar-refractivity contribution in [3.8, 4) is 17.9 Å². The van der Waals surface area contributed by atoms with Gasteiger partial charge in [0.2, 0.25) is 0 Å². The van der Waals surface area contributed by atoms with Crippen LogP contribution in [0.1, 0.15) is 37.5 Å². The minimum Gasteiger partial charge on any atom is -0.423 e. The molecule has 9 nitrogen and oxygen atoms in total. The Morgan fingerprint density at radius 2 is 1.86 bits per heavy atom. The highest BCUT2D eigenvalue weighted by atomic mass is 16.6. The van der Waals surface area contributed by atoms with Crippen LogP contribution >= 0.6 is 0 Å². The van der Waals surface area contributed by atoms with E-state index < -0.39 is 22.3 Å². The summed E-state index contributed by atoms with van der Waals surface area (Å²) < 4.78 is 5.47. The van der Waals surface area contributed by atoms with Crippen LogP contribution in [-0.4, -0.2) is 22.3 Å². The van der Waals surface area contributed by atoms with E-state index in [0.717, 1.165) is 11.6 Å². The van der Waals surface area contributed by atoms with Crippen LogP contribution in [0.2, 0.25) is 0 Å². The van der Waals surface area contributed by atoms with Crippen LogP contribution in [0.5, 0.6) is 5.75 Å². The number of allylic oxidation sites excluding steroid dienone is 2. The van der Waals surface area contributed by atoms with Gasteiger partial charge in [-0.1, -0.05) is 18.2 Å². The Morgan fingerprint density at radius 3 is 2.51 bits per heavy atom. The van der Waals surface area contributed by atoms with E-state index in [1.165, 1.54) is 30.3 Å². The fraction of sp³-hybridized carbons (Fsp3) is 0.154. The summed E-state index contributed by atoms with van der Waals surface area (Å²) in [5.74, 6) is -1.08. The average Bonchev–Trinajstić information content (AvgIpc) is 3.10. The van der Waals surface area contributed by atoms with Gasteiger partial charge in [0.1, 0.15) is 23.5 Å². The summed E-state index contributed by atoms with van der Waals surface area (Å²) in [6.45, 7) is 5.58. The highest BCUT2D eigenvalue weighted by Gasteiger charge is 2.46. The fourth-order valence-electron chi connectivity index (χ4n) is 4.38. The first-order chi connectivity index (χ1) is 16.6. The first kappa shape index (κ1) is 23.1. The number of anilines is 1. The molecule has 0 N–H and O–H groups in total. The summed E-state index contributed by atoms with van der Waals surface area (Å²) in [5.41, 5.74) is 1.68. The number of nitro benzene ring substituents is 1.